The van der Waals surface area contributed by atoms with Gasteiger partial charge in [0.1, 0.15) is 29.0 Å². The predicted octanol–water partition coefficient (Wildman–Crippen LogP) is 3.43. The van der Waals surface area contributed by atoms with Crippen LogP contribution in [0.1, 0.15) is 21.5 Å². The molecule has 120 valence electrons. The molecule has 2 rings (SSSR count). The smallest absolute Gasteiger partial charge is 0.337 e. The van der Waals surface area contributed by atoms with E-state index < -0.39 is 40.3 Å². The number of halogens is 3. The molecule has 0 spiro atoms. The SMILES string of the molecule is COC(=O)c1cccc(Oc2c(F)c(F)c(C#N)c(C#N)c2F)c1. The molecule has 2 aromatic rings. The first-order valence-electron chi connectivity index (χ1n) is 6.31. The summed E-state index contributed by atoms with van der Waals surface area (Å²) in [5.74, 6) is -7.07. The molecule has 0 saturated carbocycles. The van der Waals surface area contributed by atoms with Crippen LogP contribution in [0.5, 0.6) is 11.5 Å². The van der Waals surface area contributed by atoms with Crippen LogP contribution in [0.25, 0.3) is 0 Å². The van der Waals surface area contributed by atoms with E-state index in [9.17, 15) is 18.0 Å². The lowest BCUT2D eigenvalue weighted by Crippen LogP contribution is -2.05. The van der Waals surface area contributed by atoms with Crippen molar-refractivity contribution >= 4 is 5.97 Å². The van der Waals surface area contributed by atoms with Crippen molar-refractivity contribution in [2.45, 2.75) is 0 Å². The number of nitriles is 2. The van der Waals surface area contributed by atoms with Crippen molar-refractivity contribution in [1.29, 1.82) is 10.5 Å². The Kier molecular flexibility index (Phi) is 4.71. The van der Waals surface area contributed by atoms with Crippen LogP contribution in [0.3, 0.4) is 0 Å². The largest absolute Gasteiger partial charge is 0.465 e. The van der Waals surface area contributed by atoms with E-state index in [4.69, 9.17) is 15.3 Å². The highest BCUT2D eigenvalue weighted by molar-refractivity contribution is 5.89. The number of carbonyl (C=O) groups is 1. The number of carbonyl (C=O) groups excluding carboxylic acids is 1. The molecule has 24 heavy (non-hydrogen) atoms. The molecule has 0 amide bonds. The van der Waals surface area contributed by atoms with Gasteiger partial charge >= 0.3 is 5.97 Å². The van der Waals surface area contributed by atoms with Crippen molar-refractivity contribution in [2.24, 2.45) is 0 Å². The number of nitrogens with zero attached hydrogens (tertiary/aromatic N) is 2. The summed E-state index contributed by atoms with van der Waals surface area (Å²) in [6, 6.07) is 7.61. The second-order valence-electron chi connectivity index (χ2n) is 4.37. The van der Waals surface area contributed by atoms with Crippen LogP contribution < -0.4 is 4.74 Å². The maximum atomic E-state index is 14.2. The molecule has 0 aliphatic rings. The monoisotopic (exact) mass is 332 g/mol. The first-order valence-corrected chi connectivity index (χ1v) is 6.31. The molecule has 0 atom stereocenters. The van der Waals surface area contributed by atoms with Gasteiger partial charge in [0, 0.05) is 0 Å². The molecule has 0 aliphatic heterocycles. The van der Waals surface area contributed by atoms with Crippen LogP contribution >= 0.6 is 0 Å². The Morgan fingerprint density at radius 2 is 1.67 bits per heavy atom. The molecule has 0 aromatic heterocycles. The highest BCUT2D eigenvalue weighted by atomic mass is 19.2. The average molecular weight is 332 g/mol. The molecule has 0 heterocycles. The fourth-order valence-electron chi connectivity index (χ4n) is 1.86. The van der Waals surface area contributed by atoms with Gasteiger partial charge < -0.3 is 9.47 Å². The highest BCUT2D eigenvalue weighted by Gasteiger charge is 2.27. The van der Waals surface area contributed by atoms with E-state index in [1.54, 1.807) is 0 Å². The van der Waals surface area contributed by atoms with E-state index in [1.807, 2.05) is 0 Å². The number of methoxy groups -OCH3 is 1. The molecular formula is C16H7F3N2O3. The first-order chi connectivity index (χ1) is 11.4. The van der Waals surface area contributed by atoms with Gasteiger partial charge in [-0.15, -0.1) is 0 Å². The zero-order valence-electron chi connectivity index (χ0n) is 12.1. The Balaban J connectivity index is 2.56. The minimum absolute atomic E-state index is 0.0328. The van der Waals surface area contributed by atoms with Crippen LogP contribution in [0.2, 0.25) is 0 Å². The Hall–Kier alpha value is -3.52. The van der Waals surface area contributed by atoms with E-state index in [2.05, 4.69) is 4.74 Å². The third-order valence-corrected chi connectivity index (χ3v) is 2.98. The van der Waals surface area contributed by atoms with Gasteiger partial charge in [0.2, 0.25) is 11.6 Å². The molecule has 0 fully saturated rings. The third-order valence-electron chi connectivity index (χ3n) is 2.98. The van der Waals surface area contributed by atoms with Crippen LogP contribution in [0.15, 0.2) is 24.3 Å². The fraction of sp³-hybridized carbons (Fsp3) is 0.0625. The van der Waals surface area contributed by atoms with Crippen molar-refractivity contribution in [3.05, 3.63) is 58.4 Å². The molecule has 0 aliphatic carbocycles. The van der Waals surface area contributed by atoms with Crippen LogP contribution in [-0.2, 0) is 4.74 Å². The number of rotatable bonds is 3. The van der Waals surface area contributed by atoms with Gasteiger partial charge in [-0.2, -0.15) is 14.9 Å². The number of hydrogen-bond donors (Lipinski definition) is 0. The third kappa shape index (κ3) is 2.85. The molecule has 0 radical (unpaired) electrons. The van der Waals surface area contributed by atoms with Crippen molar-refractivity contribution in [3.8, 4) is 23.6 Å². The van der Waals surface area contributed by atoms with E-state index in [0.717, 1.165) is 13.2 Å². The van der Waals surface area contributed by atoms with E-state index in [-0.39, 0.29) is 11.3 Å². The maximum Gasteiger partial charge on any atom is 0.337 e. The van der Waals surface area contributed by atoms with E-state index in [1.165, 1.54) is 30.3 Å². The van der Waals surface area contributed by atoms with Gasteiger partial charge in [-0.25, -0.2) is 13.6 Å². The van der Waals surface area contributed by atoms with Crippen LogP contribution in [-0.4, -0.2) is 13.1 Å². The lowest BCUT2D eigenvalue weighted by Gasteiger charge is -2.11. The van der Waals surface area contributed by atoms with Gasteiger partial charge in [0.25, 0.3) is 0 Å². The van der Waals surface area contributed by atoms with Crippen molar-refractivity contribution in [3.63, 3.8) is 0 Å². The minimum atomic E-state index is -1.76. The Bertz CT molecular complexity index is 914. The number of esters is 1. The summed E-state index contributed by atoms with van der Waals surface area (Å²) in [5.41, 5.74) is -2.00. The number of hydrogen-bond acceptors (Lipinski definition) is 5. The molecule has 8 heteroatoms. The molecule has 2 aromatic carbocycles. The van der Waals surface area contributed by atoms with Gasteiger partial charge in [0.05, 0.1) is 12.7 Å². The maximum absolute atomic E-state index is 14.2. The lowest BCUT2D eigenvalue weighted by molar-refractivity contribution is 0.0600. The Morgan fingerprint density at radius 3 is 2.25 bits per heavy atom. The topological polar surface area (TPSA) is 83.1 Å². The van der Waals surface area contributed by atoms with Crippen molar-refractivity contribution < 1.29 is 27.4 Å². The highest BCUT2D eigenvalue weighted by Crippen LogP contribution is 2.33. The van der Waals surface area contributed by atoms with Gasteiger partial charge in [-0.3, -0.25) is 0 Å². The summed E-state index contributed by atoms with van der Waals surface area (Å²) < 4.78 is 51.3. The summed E-state index contributed by atoms with van der Waals surface area (Å²) in [7, 11) is 1.14. The first kappa shape index (κ1) is 16.8. The summed E-state index contributed by atoms with van der Waals surface area (Å²) >= 11 is 0. The zero-order chi connectivity index (χ0) is 17.9. The second kappa shape index (κ2) is 6.71. The molecule has 0 unspecified atom stereocenters. The summed E-state index contributed by atoms with van der Waals surface area (Å²) in [6.45, 7) is 0. The molecule has 0 N–H and O–H groups in total. The van der Waals surface area contributed by atoms with Crippen molar-refractivity contribution in [2.75, 3.05) is 7.11 Å². The normalized spacial score (nSPS) is 9.75. The van der Waals surface area contributed by atoms with E-state index in [0.29, 0.717) is 0 Å². The second-order valence-corrected chi connectivity index (χ2v) is 4.37. The molecule has 0 saturated heterocycles. The van der Waals surface area contributed by atoms with Gasteiger partial charge in [-0.1, -0.05) is 6.07 Å². The zero-order valence-corrected chi connectivity index (χ0v) is 12.1. The summed E-state index contributed by atoms with van der Waals surface area (Å²) in [5, 5.41) is 17.6. The summed E-state index contributed by atoms with van der Waals surface area (Å²) in [6.07, 6.45) is 0. The van der Waals surface area contributed by atoms with Crippen LogP contribution in [0, 0.1) is 40.1 Å². The van der Waals surface area contributed by atoms with Crippen molar-refractivity contribution in [1.82, 2.24) is 0 Å². The minimum Gasteiger partial charge on any atom is -0.465 e. The Morgan fingerprint density at radius 1 is 1.04 bits per heavy atom. The predicted molar refractivity (Wildman–Crippen MR) is 73.6 cm³/mol. The fourth-order valence-corrected chi connectivity index (χ4v) is 1.86. The summed E-state index contributed by atoms with van der Waals surface area (Å²) in [4.78, 5) is 11.4. The van der Waals surface area contributed by atoms with E-state index >= 15 is 0 Å². The lowest BCUT2D eigenvalue weighted by atomic mass is 10.1. The average Bonchev–Trinajstić information content (AvgIpc) is 2.61. The van der Waals surface area contributed by atoms with Gasteiger partial charge in [-0.05, 0) is 18.2 Å². The van der Waals surface area contributed by atoms with Crippen LogP contribution in [0.4, 0.5) is 13.2 Å². The number of benzene rings is 2. The molecule has 5 nitrogen and oxygen atoms in total. The Labute approximate surface area is 134 Å². The quantitative estimate of drug-likeness (QED) is 0.635. The molecule has 0 bridgehead atoms. The molecular weight excluding hydrogens is 325 g/mol. The standard InChI is InChI=1S/C16H7F3N2O3/c1-23-16(22)8-3-2-4-9(5-8)24-15-13(18)11(7-21)10(6-20)12(17)14(15)19/h2-5H,1H3. The van der Waals surface area contributed by atoms with Gasteiger partial charge in [0.15, 0.2) is 11.6 Å². The number of ether oxygens (including phenoxy) is 2.